The van der Waals surface area contributed by atoms with Gasteiger partial charge in [-0.15, -0.1) is 0 Å². The molecule has 1 unspecified atom stereocenters. The summed E-state index contributed by atoms with van der Waals surface area (Å²) in [5, 5.41) is 0. The van der Waals surface area contributed by atoms with Crippen LogP contribution in [0.2, 0.25) is 0 Å². The fraction of sp³-hybridized carbons (Fsp3) is 0.600. The van der Waals surface area contributed by atoms with Gasteiger partial charge >= 0.3 is 0 Å². The second kappa shape index (κ2) is 8.25. The van der Waals surface area contributed by atoms with E-state index in [1.54, 1.807) is 0 Å². The van der Waals surface area contributed by atoms with Crippen molar-refractivity contribution in [3.05, 3.63) is 35.9 Å². The summed E-state index contributed by atoms with van der Waals surface area (Å²) in [6.07, 6.45) is 2.12. The Labute approximate surface area is 112 Å². The van der Waals surface area contributed by atoms with Crippen LogP contribution in [0.25, 0.3) is 0 Å². The zero-order chi connectivity index (χ0) is 13.4. The molecule has 0 aliphatic carbocycles. The Morgan fingerprint density at radius 1 is 1.06 bits per heavy atom. The van der Waals surface area contributed by atoms with E-state index in [9.17, 15) is 0 Å². The van der Waals surface area contributed by atoms with Crippen molar-refractivity contribution in [2.45, 2.75) is 18.9 Å². The van der Waals surface area contributed by atoms with E-state index in [0.717, 1.165) is 32.5 Å². The summed E-state index contributed by atoms with van der Waals surface area (Å²) in [7, 11) is 6.35. The van der Waals surface area contributed by atoms with Crippen LogP contribution in [-0.4, -0.2) is 56.6 Å². The third kappa shape index (κ3) is 6.74. The highest BCUT2D eigenvalue weighted by Crippen LogP contribution is 2.04. The number of aryl methyl sites for hydroxylation is 1. The first kappa shape index (κ1) is 15.2. The highest BCUT2D eigenvalue weighted by molar-refractivity contribution is 5.14. The number of benzene rings is 1. The van der Waals surface area contributed by atoms with Gasteiger partial charge in [0.2, 0.25) is 0 Å². The van der Waals surface area contributed by atoms with Crippen LogP contribution in [0.4, 0.5) is 0 Å². The van der Waals surface area contributed by atoms with E-state index in [0.29, 0.717) is 0 Å². The molecule has 1 atom stereocenters. The second-order valence-corrected chi connectivity index (χ2v) is 5.35. The van der Waals surface area contributed by atoms with E-state index in [1.165, 1.54) is 5.56 Å². The molecule has 0 aliphatic rings. The SMILES string of the molecule is CN(C)CCN(C)CC(N)CCc1ccccc1. The minimum Gasteiger partial charge on any atom is -0.327 e. The molecule has 1 rings (SSSR count). The largest absolute Gasteiger partial charge is 0.327 e. The van der Waals surface area contributed by atoms with Crippen molar-refractivity contribution < 1.29 is 0 Å². The lowest BCUT2D eigenvalue weighted by Crippen LogP contribution is -2.38. The smallest absolute Gasteiger partial charge is 0.0170 e. The van der Waals surface area contributed by atoms with Gasteiger partial charge in [-0.05, 0) is 39.5 Å². The number of nitrogens with zero attached hydrogens (tertiary/aromatic N) is 2. The van der Waals surface area contributed by atoms with E-state index in [-0.39, 0.29) is 6.04 Å². The zero-order valence-electron chi connectivity index (χ0n) is 12.0. The first-order chi connectivity index (χ1) is 8.58. The van der Waals surface area contributed by atoms with Gasteiger partial charge in [0.05, 0.1) is 0 Å². The van der Waals surface area contributed by atoms with E-state index in [4.69, 9.17) is 5.73 Å². The standard InChI is InChI=1S/C15H27N3/c1-17(2)11-12-18(3)13-15(16)10-9-14-7-5-4-6-8-14/h4-8,15H,9-13,16H2,1-3H3. The molecule has 3 heteroatoms. The van der Waals surface area contributed by atoms with E-state index < -0.39 is 0 Å². The van der Waals surface area contributed by atoms with Gasteiger partial charge in [0.15, 0.2) is 0 Å². The zero-order valence-corrected chi connectivity index (χ0v) is 12.0. The number of hydrogen-bond acceptors (Lipinski definition) is 3. The van der Waals surface area contributed by atoms with Gasteiger partial charge in [0.25, 0.3) is 0 Å². The highest BCUT2D eigenvalue weighted by atomic mass is 15.2. The highest BCUT2D eigenvalue weighted by Gasteiger charge is 2.07. The third-order valence-electron chi connectivity index (χ3n) is 3.12. The molecular formula is C15H27N3. The molecule has 0 spiro atoms. The number of nitrogens with two attached hydrogens (primary N) is 1. The van der Waals surface area contributed by atoms with Crippen molar-refractivity contribution in [1.29, 1.82) is 0 Å². The van der Waals surface area contributed by atoms with Crippen LogP contribution in [0.5, 0.6) is 0 Å². The maximum atomic E-state index is 6.17. The van der Waals surface area contributed by atoms with Gasteiger partial charge in [-0.25, -0.2) is 0 Å². The Hall–Kier alpha value is -0.900. The monoisotopic (exact) mass is 249 g/mol. The topological polar surface area (TPSA) is 32.5 Å². The van der Waals surface area contributed by atoms with Crippen LogP contribution >= 0.6 is 0 Å². The second-order valence-electron chi connectivity index (χ2n) is 5.35. The minimum atomic E-state index is 0.261. The molecule has 0 aliphatic heterocycles. The van der Waals surface area contributed by atoms with E-state index in [1.807, 2.05) is 0 Å². The van der Waals surface area contributed by atoms with Gasteiger partial charge < -0.3 is 15.5 Å². The van der Waals surface area contributed by atoms with E-state index >= 15 is 0 Å². The van der Waals surface area contributed by atoms with Gasteiger partial charge in [-0.2, -0.15) is 0 Å². The summed E-state index contributed by atoms with van der Waals surface area (Å²) in [4.78, 5) is 4.52. The van der Waals surface area contributed by atoms with Crippen LogP contribution in [0.15, 0.2) is 30.3 Å². The quantitative estimate of drug-likeness (QED) is 0.757. The molecule has 102 valence electrons. The molecule has 0 saturated carbocycles. The molecule has 2 N–H and O–H groups in total. The average molecular weight is 249 g/mol. The summed E-state index contributed by atoms with van der Waals surface area (Å²) in [6, 6.07) is 10.8. The van der Waals surface area contributed by atoms with Crippen LogP contribution in [-0.2, 0) is 6.42 Å². The van der Waals surface area contributed by atoms with E-state index in [2.05, 4.69) is 61.3 Å². The predicted molar refractivity (Wildman–Crippen MR) is 78.8 cm³/mol. The summed E-state index contributed by atoms with van der Waals surface area (Å²) in [5.41, 5.74) is 7.55. The Bertz CT molecular complexity index is 311. The van der Waals surface area contributed by atoms with Gasteiger partial charge in [0.1, 0.15) is 0 Å². The van der Waals surface area contributed by atoms with Crippen molar-refractivity contribution in [1.82, 2.24) is 9.80 Å². The molecule has 18 heavy (non-hydrogen) atoms. The van der Waals surface area contributed by atoms with Crippen molar-refractivity contribution in [2.75, 3.05) is 40.8 Å². The Balaban J connectivity index is 2.19. The summed E-state index contributed by atoms with van der Waals surface area (Å²) < 4.78 is 0. The summed E-state index contributed by atoms with van der Waals surface area (Å²) in [6.45, 7) is 3.13. The molecule has 0 fully saturated rings. The normalized spacial score (nSPS) is 13.2. The fourth-order valence-electron chi connectivity index (χ4n) is 1.95. The van der Waals surface area contributed by atoms with Gasteiger partial charge in [-0.3, -0.25) is 0 Å². The van der Waals surface area contributed by atoms with Crippen LogP contribution < -0.4 is 5.73 Å². The molecule has 0 bridgehead atoms. The number of rotatable bonds is 8. The molecule has 0 heterocycles. The summed E-state index contributed by atoms with van der Waals surface area (Å²) in [5.74, 6) is 0. The van der Waals surface area contributed by atoms with Gasteiger partial charge in [-0.1, -0.05) is 30.3 Å². The Morgan fingerprint density at radius 2 is 1.72 bits per heavy atom. The first-order valence-electron chi connectivity index (χ1n) is 6.70. The maximum Gasteiger partial charge on any atom is 0.0170 e. The molecule has 1 aromatic carbocycles. The molecule has 3 nitrogen and oxygen atoms in total. The first-order valence-corrected chi connectivity index (χ1v) is 6.70. The lowest BCUT2D eigenvalue weighted by molar-refractivity contribution is 0.265. The van der Waals surface area contributed by atoms with Crippen LogP contribution in [0, 0.1) is 0 Å². The van der Waals surface area contributed by atoms with Gasteiger partial charge in [0, 0.05) is 25.7 Å². The summed E-state index contributed by atoms with van der Waals surface area (Å²) >= 11 is 0. The molecule has 0 amide bonds. The Morgan fingerprint density at radius 3 is 2.33 bits per heavy atom. The van der Waals surface area contributed by atoms with Crippen molar-refractivity contribution in [3.63, 3.8) is 0 Å². The molecule has 0 radical (unpaired) electrons. The number of likely N-dealkylation sites (N-methyl/N-ethyl adjacent to an activating group) is 2. The van der Waals surface area contributed by atoms with Crippen molar-refractivity contribution in [3.8, 4) is 0 Å². The minimum absolute atomic E-state index is 0.261. The number of hydrogen-bond donors (Lipinski definition) is 1. The van der Waals surface area contributed by atoms with Crippen LogP contribution in [0.3, 0.4) is 0 Å². The Kier molecular flexibility index (Phi) is 6.94. The lowest BCUT2D eigenvalue weighted by Gasteiger charge is -2.22. The molecule has 0 aromatic heterocycles. The van der Waals surface area contributed by atoms with Crippen molar-refractivity contribution in [2.24, 2.45) is 5.73 Å². The maximum absolute atomic E-state index is 6.17. The van der Waals surface area contributed by atoms with Crippen molar-refractivity contribution >= 4 is 0 Å². The third-order valence-corrected chi connectivity index (χ3v) is 3.12. The fourth-order valence-corrected chi connectivity index (χ4v) is 1.95. The molecular weight excluding hydrogens is 222 g/mol. The molecule has 0 saturated heterocycles. The van der Waals surface area contributed by atoms with Crippen LogP contribution in [0.1, 0.15) is 12.0 Å². The lowest BCUT2D eigenvalue weighted by atomic mass is 10.1. The average Bonchev–Trinajstić information content (AvgIpc) is 2.35. The predicted octanol–water partition coefficient (Wildman–Crippen LogP) is 1.44. The molecule has 1 aromatic rings.